The van der Waals surface area contributed by atoms with E-state index in [4.69, 9.17) is 15.7 Å². The van der Waals surface area contributed by atoms with Gasteiger partial charge in [-0.25, -0.2) is 4.98 Å². The number of allylic oxidation sites excluding steroid dienone is 7. The number of dihydropyridines is 1. The summed E-state index contributed by atoms with van der Waals surface area (Å²) in [5.74, 6) is 0. The first-order valence-corrected chi connectivity index (χ1v) is 18.2. The highest BCUT2D eigenvalue weighted by atomic mass is 15.0. The molecule has 10 rings (SSSR count). The third kappa shape index (κ3) is 5.58. The van der Waals surface area contributed by atoms with E-state index in [2.05, 4.69) is 156 Å². The number of hydrogen-bond donors (Lipinski definition) is 3. The minimum atomic E-state index is 0.0476. The minimum Gasteiger partial charge on any atom is -0.396 e. The fourth-order valence-corrected chi connectivity index (χ4v) is 7.89. The van der Waals surface area contributed by atoms with E-state index in [1.807, 2.05) is 25.1 Å². The van der Waals surface area contributed by atoms with Crippen LogP contribution in [0.2, 0.25) is 0 Å². The molecule has 3 unspecified atom stereocenters. The smallest absolute Gasteiger partial charge is 0.0944 e. The molecule has 0 bridgehead atoms. The van der Waals surface area contributed by atoms with Crippen LogP contribution in [0.4, 0.5) is 11.4 Å². The van der Waals surface area contributed by atoms with E-state index >= 15 is 0 Å². The van der Waals surface area contributed by atoms with Gasteiger partial charge in [0.2, 0.25) is 0 Å². The zero-order valence-corrected chi connectivity index (χ0v) is 29.3. The van der Waals surface area contributed by atoms with Crippen LogP contribution in [0.1, 0.15) is 29.2 Å². The summed E-state index contributed by atoms with van der Waals surface area (Å²) < 4.78 is 0. The number of nitrogen functional groups attached to an aromatic ring is 1. The summed E-state index contributed by atoms with van der Waals surface area (Å²) >= 11 is 0. The molecule has 5 aliphatic rings. The number of nitrogens with zero attached hydrogens (tertiary/aromatic N) is 2. The first kappa shape index (κ1) is 31.1. The summed E-state index contributed by atoms with van der Waals surface area (Å²) in [5, 5.41) is 11.0. The van der Waals surface area contributed by atoms with Crippen LogP contribution in [0.25, 0.3) is 56.4 Å². The van der Waals surface area contributed by atoms with Crippen molar-refractivity contribution < 1.29 is 0 Å². The maximum Gasteiger partial charge on any atom is 0.0944 e. The first-order chi connectivity index (χ1) is 26.1. The second kappa shape index (κ2) is 12.5. The van der Waals surface area contributed by atoms with E-state index in [0.717, 1.165) is 50.4 Å². The Morgan fingerprint density at radius 2 is 1.53 bits per heavy atom. The lowest BCUT2D eigenvalue weighted by Crippen LogP contribution is -2.31. The Labute approximate surface area is 309 Å². The monoisotopic (exact) mass is 683 g/mol. The van der Waals surface area contributed by atoms with Crippen LogP contribution < -0.4 is 16.4 Å². The van der Waals surface area contributed by atoms with E-state index in [1.165, 1.54) is 38.6 Å². The van der Waals surface area contributed by atoms with E-state index in [9.17, 15) is 0 Å². The average molecular weight is 684 g/mol. The number of aliphatic imine (C=N–C) groups is 1. The topological polar surface area (TPSA) is 75.3 Å². The van der Waals surface area contributed by atoms with Crippen molar-refractivity contribution in [2.24, 2.45) is 4.99 Å². The summed E-state index contributed by atoms with van der Waals surface area (Å²) in [6, 6.07) is 28.5. The van der Waals surface area contributed by atoms with Gasteiger partial charge in [0.15, 0.2) is 0 Å². The van der Waals surface area contributed by atoms with Gasteiger partial charge in [0.25, 0.3) is 0 Å². The number of fused-ring (bicyclic) bond motifs is 5. The van der Waals surface area contributed by atoms with Crippen molar-refractivity contribution >= 4 is 62.2 Å². The molecule has 0 saturated heterocycles. The summed E-state index contributed by atoms with van der Waals surface area (Å²) in [6.45, 7) is 2.00. The van der Waals surface area contributed by atoms with E-state index < -0.39 is 0 Å². The minimum absolute atomic E-state index is 0.0476. The molecule has 0 amide bonds. The summed E-state index contributed by atoms with van der Waals surface area (Å²) in [4.78, 5) is 9.96. The second-order valence-corrected chi connectivity index (χ2v) is 14.1. The Hall–Kier alpha value is -6.72. The summed E-state index contributed by atoms with van der Waals surface area (Å²) in [5.41, 5.74) is 21.6. The molecule has 4 heterocycles. The van der Waals surface area contributed by atoms with Crippen molar-refractivity contribution in [2.75, 3.05) is 11.1 Å². The van der Waals surface area contributed by atoms with Crippen molar-refractivity contribution in [3.8, 4) is 11.3 Å². The van der Waals surface area contributed by atoms with Gasteiger partial charge < -0.3 is 16.4 Å². The number of nitrogens with one attached hydrogen (secondary N) is 2. The second-order valence-electron chi connectivity index (χ2n) is 14.1. The largest absolute Gasteiger partial charge is 0.396 e. The third-order valence-corrected chi connectivity index (χ3v) is 10.8. The number of benzene rings is 4. The number of rotatable bonds is 5. The Balaban J connectivity index is 0.878. The molecule has 5 aromatic rings. The fraction of sp³-hybridized carbons (Fsp3) is 0.0833. The number of aromatic nitrogens is 1. The normalized spacial score (nSPS) is 20.9. The molecule has 3 atom stereocenters. The Morgan fingerprint density at radius 1 is 0.698 bits per heavy atom. The molecule has 254 valence electrons. The van der Waals surface area contributed by atoms with E-state index in [1.54, 1.807) is 0 Å². The van der Waals surface area contributed by atoms with E-state index in [0.29, 0.717) is 5.69 Å². The predicted molar refractivity (Wildman–Crippen MR) is 224 cm³/mol. The van der Waals surface area contributed by atoms with Gasteiger partial charge in [0.05, 0.1) is 40.7 Å². The van der Waals surface area contributed by atoms with Crippen molar-refractivity contribution in [1.82, 2.24) is 10.3 Å². The average Bonchev–Trinajstić information content (AvgIpc) is 3.65. The van der Waals surface area contributed by atoms with Crippen molar-refractivity contribution in [3.05, 3.63) is 185 Å². The van der Waals surface area contributed by atoms with Gasteiger partial charge in [-0.3, -0.25) is 4.99 Å². The maximum atomic E-state index is 6.52. The summed E-state index contributed by atoms with van der Waals surface area (Å²) in [7, 11) is 0. The van der Waals surface area contributed by atoms with Crippen molar-refractivity contribution in [1.29, 1.82) is 0 Å². The molecule has 5 heteroatoms. The van der Waals surface area contributed by atoms with Crippen LogP contribution in [-0.2, 0) is 0 Å². The number of nitrogens with two attached hydrogens (primary N) is 1. The Morgan fingerprint density at radius 3 is 2.42 bits per heavy atom. The lowest BCUT2D eigenvalue weighted by Gasteiger charge is -2.28. The highest BCUT2D eigenvalue weighted by molar-refractivity contribution is 6.07. The molecule has 5 nitrogen and oxygen atoms in total. The van der Waals surface area contributed by atoms with Gasteiger partial charge in [-0.1, -0.05) is 128 Å². The molecule has 0 spiro atoms. The lowest BCUT2D eigenvalue weighted by atomic mass is 9.89. The molecule has 4 aromatic carbocycles. The van der Waals surface area contributed by atoms with Gasteiger partial charge in [0.1, 0.15) is 0 Å². The molecular formula is C48H37N5. The van der Waals surface area contributed by atoms with Crippen LogP contribution in [0.3, 0.4) is 0 Å². The maximum absolute atomic E-state index is 6.52. The fourth-order valence-electron chi connectivity index (χ4n) is 7.89. The highest BCUT2D eigenvalue weighted by Crippen LogP contribution is 2.35. The van der Waals surface area contributed by atoms with Crippen molar-refractivity contribution in [3.63, 3.8) is 0 Å². The Kier molecular flexibility index (Phi) is 7.32. The first-order valence-electron chi connectivity index (χ1n) is 18.2. The van der Waals surface area contributed by atoms with Gasteiger partial charge in [-0.15, -0.1) is 0 Å². The standard InChI is InChI=1S/C48H37N5/c1-2-5-31-10-11-32-20-22-42(53-48(32)47(31)49)38-17-15-33-24-34(13-14-35(33)25-38)36-12-8-29-18-21-41(50-44(29)26-36)39-16-9-30-19-23-43(52-45(30)27-39)46-28-37-6-3-4-7-40(37)51-46/h2-28,40,43-44,50,52H,49H2,1H3/b5-2-. The lowest BCUT2D eigenvalue weighted by molar-refractivity contribution is 0.815. The Bertz CT molecular complexity index is 2710. The van der Waals surface area contributed by atoms with Crippen LogP contribution in [0.5, 0.6) is 0 Å². The van der Waals surface area contributed by atoms with Crippen LogP contribution in [0, 0.1) is 0 Å². The zero-order chi connectivity index (χ0) is 35.5. The summed E-state index contributed by atoms with van der Waals surface area (Å²) in [6.07, 6.45) is 30.3. The zero-order valence-electron chi connectivity index (χ0n) is 29.3. The molecule has 0 fully saturated rings. The van der Waals surface area contributed by atoms with Gasteiger partial charge in [-0.05, 0) is 93.1 Å². The van der Waals surface area contributed by atoms with Gasteiger partial charge in [-0.2, -0.15) is 0 Å². The number of anilines is 2. The number of pyridine rings is 1. The van der Waals surface area contributed by atoms with Crippen LogP contribution in [0.15, 0.2) is 168 Å². The van der Waals surface area contributed by atoms with Gasteiger partial charge in [0, 0.05) is 22.3 Å². The molecule has 0 radical (unpaired) electrons. The molecular weight excluding hydrogens is 647 g/mol. The molecule has 2 aliphatic carbocycles. The van der Waals surface area contributed by atoms with Gasteiger partial charge >= 0.3 is 0 Å². The molecule has 3 aliphatic heterocycles. The molecule has 0 saturated carbocycles. The van der Waals surface area contributed by atoms with Crippen molar-refractivity contribution in [2.45, 2.75) is 25.0 Å². The molecule has 1 aromatic heterocycles. The molecule has 53 heavy (non-hydrogen) atoms. The van der Waals surface area contributed by atoms with E-state index in [-0.39, 0.29) is 18.1 Å². The third-order valence-electron chi connectivity index (χ3n) is 10.8. The quantitative estimate of drug-likeness (QED) is 0.161. The SMILES string of the molecule is C/C=C\c1ccc2ccc(-c3ccc4cc(C5=CC6NC(c7ccc8c(c7)NC(C7=NC9C=CC=CC9=C7)C=C8)=CC=C6C=C5)ccc4c3)nc2c1N. The molecule has 4 N–H and O–H groups in total. The predicted octanol–water partition coefficient (Wildman–Crippen LogP) is 10.2. The van der Waals surface area contributed by atoms with Crippen LogP contribution >= 0.6 is 0 Å². The van der Waals surface area contributed by atoms with Crippen LogP contribution in [-0.4, -0.2) is 28.8 Å². The highest BCUT2D eigenvalue weighted by Gasteiger charge is 2.25. The number of hydrogen-bond acceptors (Lipinski definition) is 5.